The Bertz CT molecular complexity index is 318. The first-order valence-corrected chi connectivity index (χ1v) is 6.05. The van der Waals surface area contributed by atoms with Gasteiger partial charge >= 0.3 is 0 Å². The predicted molar refractivity (Wildman–Crippen MR) is 64.3 cm³/mol. The monoisotopic (exact) mass is 226 g/mol. The summed E-state index contributed by atoms with van der Waals surface area (Å²) in [6.45, 7) is 7.42. The van der Waals surface area contributed by atoms with Crippen LogP contribution in [0.2, 0.25) is 0 Å². The smallest absolute Gasteiger partial charge is 0.121 e. The third-order valence-electron chi connectivity index (χ3n) is 2.80. The van der Waals surface area contributed by atoms with Crippen molar-refractivity contribution < 1.29 is 4.42 Å². The van der Waals surface area contributed by atoms with Gasteiger partial charge in [0.05, 0.1) is 6.54 Å². The molecule has 1 aliphatic rings. The van der Waals surface area contributed by atoms with Crippen LogP contribution < -0.4 is 5.32 Å². The van der Waals surface area contributed by atoms with Crippen molar-refractivity contribution in [2.45, 2.75) is 19.2 Å². The van der Waals surface area contributed by atoms with E-state index in [4.69, 9.17) is 4.42 Å². The van der Waals surface area contributed by atoms with E-state index in [0.717, 1.165) is 44.2 Å². The number of piperazine rings is 1. The van der Waals surface area contributed by atoms with E-state index >= 15 is 0 Å². The number of nitrogens with one attached hydrogen (secondary N) is 1. The summed E-state index contributed by atoms with van der Waals surface area (Å²) in [6, 6.07) is 2.09. The highest BCUT2D eigenvalue weighted by Gasteiger charge is 2.14. The molecule has 2 heterocycles. The molecule has 1 aliphatic heterocycles. The molecule has 0 amide bonds. The zero-order valence-corrected chi connectivity index (χ0v) is 10.0. The van der Waals surface area contributed by atoms with E-state index < -0.39 is 0 Å². The highest BCUT2D eigenvalue weighted by Crippen LogP contribution is 2.18. The van der Waals surface area contributed by atoms with Crippen LogP contribution in [0.1, 0.15) is 17.1 Å². The van der Waals surface area contributed by atoms with Gasteiger partial charge in [-0.15, -0.1) is 0 Å². The lowest BCUT2D eigenvalue weighted by molar-refractivity contribution is 0.214. The first-order valence-electron chi connectivity index (χ1n) is 5.41. The fourth-order valence-corrected chi connectivity index (χ4v) is 2.05. The second-order valence-corrected chi connectivity index (χ2v) is 4.32. The van der Waals surface area contributed by atoms with Gasteiger partial charge in [-0.25, -0.2) is 0 Å². The Balaban J connectivity index is 1.99. The maximum Gasteiger partial charge on any atom is 0.121 e. The van der Waals surface area contributed by atoms with Gasteiger partial charge in [0.15, 0.2) is 0 Å². The van der Waals surface area contributed by atoms with Gasteiger partial charge in [-0.3, -0.25) is 4.90 Å². The Labute approximate surface area is 96.2 Å². The van der Waals surface area contributed by atoms with Crippen molar-refractivity contribution in [2.75, 3.05) is 26.2 Å². The number of hydrogen-bond acceptors (Lipinski definition) is 4. The normalized spacial score (nSPS) is 18.3. The third kappa shape index (κ3) is 2.77. The van der Waals surface area contributed by atoms with Crippen LogP contribution >= 0.6 is 12.6 Å². The third-order valence-corrected chi connectivity index (χ3v) is 3.12. The Morgan fingerprint density at radius 3 is 2.80 bits per heavy atom. The molecule has 0 spiro atoms. The molecule has 1 aromatic rings. The molecule has 0 unspecified atom stereocenters. The lowest BCUT2D eigenvalue weighted by Gasteiger charge is -2.26. The SMILES string of the molecule is Cc1cc(CS)oc1CN1CCNCC1. The summed E-state index contributed by atoms with van der Waals surface area (Å²) in [7, 11) is 0. The molecule has 84 valence electrons. The van der Waals surface area contributed by atoms with Gasteiger partial charge in [0.1, 0.15) is 11.5 Å². The van der Waals surface area contributed by atoms with Crippen LogP contribution in [0.15, 0.2) is 10.5 Å². The van der Waals surface area contributed by atoms with E-state index in [2.05, 4.69) is 35.8 Å². The van der Waals surface area contributed by atoms with Crippen molar-refractivity contribution in [3.05, 3.63) is 23.2 Å². The van der Waals surface area contributed by atoms with Gasteiger partial charge in [-0.2, -0.15) is 12.6 Å². The standard InChI is InChI=1S/C11H18N2OS/c1-9-6-10(8-15)14-11(9)7-13-4-2-12-3-5-13/h6,12,15H,2-5,7-8H2,1H3. The van der Waals surface area contributed by atoms with Gasteiger partial charge in [0.2, 0.25) is 0 Å². The number of nitrogens with zero attached hydrogens (tertiary/aromatic N) is 1. The second-order valence-electron chi connectivity index (χ2n) is 4.00. The van der Waals surface area contributed by atoms with Crippen molar-refractivity contribution in [3.8, 4) is 0 Å². The van der Waals surface area contributed by atoms with Crippen LogP contribution in [0.25, 0.3) is 0 Å². The molecule has 0 bridgehead atoms. The van der Waals surface area contributed by atoms with Gasteiger partial charge in [0, 0.05) is 31.9 Å². The van der Waals surface area contributed by atoms with Crippen molar-refractivity contribution in [1.29, 1.82) is 0 Å². The fourth-order valence-electron chi connectivity index (χ4n) is 1.90. The van der Waals surface area contributed by atoms with E-state index in [-0.39, 0.29) is 0 Å². The summed E-state index contributed by atoms with van der Waals surface area (Å²) < 4.78 is 5.73. The van der Waals surface area contributed by atoms with Crippen LogP contribution in [0, 0.1) is 6.92 Å². The lowest BCUT2D eigenvalue weighted by atomic mass is 10.2. The van der Waals surface area contributed by atoms with Gasteiger partial charge in [0.25, 0.3) is 0 Å². The molecule has 1 fully saturated rings. The molecule has 0 aliphatic carbocycles. The zero-order chi connectivity index (χ0) is 10.7. The fraction of sp³-hybridized carbons (Fsp3) is 0.636. The Hall–Kier alpha value is -0.450. The lowest BCUT2D eigenvalue weighted by Crippen LogP contribution is -2.42. The molecule has 15 heavy (non-hydrogen) atoms. The maximum absolute atomic E-state index is 5.73. The van der Waals surface area contributed by atoms with Crippen LogP contribution in [0.3, 0.4) is 0 Å². The van der Waals surface area contributed by atoms with Crippen LogP contribution in [0.4, 0.5) is 0 Å². The molecule has 0 saturated carbocycles. The molecule has 1 saturated heterocycles. The van der Waals surface area contributed by atoms with Crippen molar-refractivity contribution in [3.63, 3.8) is 0 Å². The number of thiol groups is 1. The predicted octanol–water partition coefficient (Wildman–Crippen LogP) is 1.42. The zero-order valence-electron chi connectivity index (χ0n) is 9.12. The van der Waals surface area contributed by atoms with Crippen molar-refractivity contribution >= 4 is 12.6 Å². The van der Waals surface area contributed by atoms with E-state index in [0.29, 0.717) is 5.75 Å². The van der Waals surface area contributed by atoms with Crippen LogP contribution in [-0.2, 0) is 12.3 Å². The van der Waals surface area contributed by atoms with Crippen LogP contribution in [0.5, 0.6) is 0 Å². The van der Waals surface area contributed by atoms with E-state index in [9.17, 15) is 0 Å². The molecule has 3 nitrogen and oxygen atoms in total. The summed E-state index contributed by atoms with van der Waals surface area (Å²) in [5.41, 5.74) is 1.25. The molecular formula is C11H18N2OS. The van der Waals surface area contributed by atoms with E-state index in [1.807, 2.05) is 0 Å². The molecule has 0 atom stereocenters. The molecular weight excluding hydrogens is 208 g/mol. The summed E-state index contributed by atoms with van der Waals surface area (Å²) >= 11 is 4.22. The van der Waals surface area contributed by atoms with E-state index in [1.54, 1.807) is 0 Å². The maximum atomic E-state index is 5.73. The minimum atomic E-state index is 0.683. The summed E-state index contributed by atoms with van der Waals surface area (Å²) in [5.74, 6) is 2.75. The van der Waals surface area contributed by atoms with Gasteiger partial charge in [-0.1, -0.05) is 0 Å². The molecule has 4 heteroatoms. The highest BCUT2D eigenvalue weighted by molar-refractivity contribution is 7.79. The van der Waals surface area contributed by atoms with E-state index in [1.165, 1.54) is 5.56 Å². The largest absolute Gasteiger partial charge is 0.464 e. The summed E-state index contributed by atoms with van der Waals surface area (Å²) in [5, 5.41) is 3.35. The Morgan fingerprint density at radius 2 is 2.20 bits per heavy atom. The van der Waals surface area contributed by atoms with Crippen molar-refractivity contribution in [1.82, 2.24) is 10.2 Å². The minimum Gasteiger partial charge on any atom is -0.464 e. The average molecular weight is 226 g/mol. The molecule has 1 aromatic heterocycles. The Morgan fingerprint density at radius 1 is 1.47 bits per heavy atom. The number of rotatable bonds is 3. The molecule has 0 aromatic carbocycles. The molecule has 0 radical (unpaired) electrons. The average Bonchev–Trinajstić information content (AvgIpc) is 2.61. The van der Waals surface area contributed by atoms with Gasteiger partial charge < -0.3 is 9.73 Å². The highest BCUT2D eigenvalue weighted by atomic mass is 32.1. The summed E-state index contributed by atoms with van der Waals surface area (Å²) in [6.07, 6.45) is 0. The summed E-state index contributed by atoms with van der Waals surface area (Å²) in [4.78, 5) is 2.42. The number of hydrogen-bond donors (Lipinski definition) is 2. The number of aryl methyl sites for hydroxylation is 1. The quantitative estimate of drug-likeness (QED) is 0.764. The van der Waals surface area contributed by atoms with Gasteiger partial charge in [-0.05, 0) is 18.6 Å². The minimum absolute atomic E-state index is 0.683. The molecule has 2 rings (SSSR count). The van der Waals surface area contributed by atoms with Crippen LogP contribution in [-0.4, -0.2) is 31.1 Å². The first-order chi connectivity index (χ1) is 7.29. The first kappa shape index (κ1) is 11.0. The Kier molecular flexibility index (Phi) is 3.72. The topological polar surface area (TPSA) is 28.4 Å². The second kappa shape index (κ2) is 5.05. The molecule has 1 N–H and O–H groups in total. The van der Waals surface area contributed by atoms with Crippen molar-refractivity contribution in [2.24, 2.45) is 0 Å². The number of furan rings is 1.